The minimum atomic E-state index is -0.257. The monoisotopic (exact) mass is 375 g/mol. The molecule has 0 aliphatic heterocycles. The summed E-state index contributed by atoms with van der Waals surface area (Å²) in [4.78, 5) is 21.5. The standard InChI is InChI=1S/C23H22FN3O/c1-15-6-11-19(28)12-17-14-26-23(25-13-16-7-9-18(24)10-8-16)27-22(17)21-5-3-2-4-20(15)21/h2-5,7-10,14-15H,6,11-13H2,1H3,(H,25,26,27). The van der Waals surface area contributed by atoms with Crippen LogP contribution in [0.25, 0.3) is 11.3 Å². The molecule has 1 unspecified atom stereocenters. The van der Waals surface area contributed by atoms with Crippen molar-refractivity contribution in [3.63, 3.8) is 0 Å². The summed E-state index contributed by atoms with van der Waals surface area (Å²) in [7, 11) is 0. The van der Waals surface area contributed by atoms with E-state index in [0.717, 1.165) is 28.8 Å². The lowest BCUT2D eigenvalue weighted by atomic mass is 9.91. The summed E-state index contributed by atoms with van der Waals surface area (Å²) >= 11 is 0. The number of rotatable bonds is 3. The number of Topliss-reactive ketones (excluding diaryl/α,β-unsaturated/α-hetero) is 1. The van der Waals surface area contributed by atoms with Crippen molar-refractivity contribution in [1.29, 1.82) is 0 Å². The van der Waals surface area contributed by atoms with Gasteiger partial charge in [-0.1, -0.05) is 43.3 Å². The zero-order valence-corrected chi connectivity index (χ0v) is 15.8. The van der Waals surface area contributed by atoms with Crippen molar-refractivity contribution in [2.24, 2.45) is 0 Å². The molecule has 1 N–H and O–H groups in total. The first-order valence-electron chi connectivity index (χ1n) is 9.55. The number of aromatic nitrogens is 2. The second kappa shape index (κ2) is 7.89. The van der Waals surface area contributed by atoms with Gasteiger partial charge in [-0.3, -0.25) is 4.79 Å². The van der Waals surface area contributed by atoms with Crippen LogP contribution in [0.1, 0.15) is 42.4 Å². The molecule has 28 heavy (non-hydrogen) atoms. The molecule has 1 atom stereocenters. The Morgan fingerprint density at radius 2 is 1.93 bits per heavy atom. The first-order valence-corrected chi connectivity index (χ1v) is 9.55. The third kappa shape index (κ3) is 3.93. The predicted octanol–water partition coefficient (Wildman–Crippen LogP) is 4.90. The summed E-state index contributed by atoms with van der Waals surface area (Å²) in [5, 5.41) is 3.21. The van der Waals surface area contributed by atoms with Crippen LogP contribution in [0.2, 0.25) is 0 Å². The summed E-state index contributed by atoms with van der Waals surface area (Å²) in [6, 6.07) is 14.6. The lowest BCUT2D eigenvalue weighted by Gasteiger charge is -2.16. The summed E-state index contributed by atoms with van der Waals surface area (Å²) in [6.45, 7) is 2.65. The Kier molecular flexibility index (Phi) is 5.15. The van der Waals surface area contributed by atoms with Crippen molar-refractivity contribution in [2.45, 2.75) is 38.6 Å². The van der Waals surface area contributed by atoms with Crippen LogP contribution in [-0.2, 0) is 17.8 Å². The van der Waals surface area contributed by atoms with Gasteiger partial charge in [-0.15, -0.1) is 0 Å². The Labute approximate surface area is 163 Å². The molecule has 4 rings (SSSR count). The van der Waals surface area contributed by atoms with Crippen LogP contribution >= 0.6 is 0 Å². The SMILES string of the molecule is CC1CCC(=O)Cc2cnc(NCc3ccc(F)cc3)nc2-c2ccccc21. The van der Waals surface area contributed by atoms with Gasteiger partial charge in [0.25, 0.3) is 0 Å². The number of nitrogens with one attached hydrogen (secondary N) is 1. The fraction of sp³-hybridized carbons (Fsp3) is 0.261. The highest BCUT2D eigenvalue weighted by Crippen LogP contribution is 2.34. The number of halogens is 1. The molecule has 142 valence electrons. The fourth-order valence-electron chi connectivity index (χ4n) is 3.61. The summed E-state index contributed by atoms with van der Waals surface area (Å²) in [6.07, 6.45) is 3.51. The van der Waals surface area contributed by atoms with Crippen molar-refractivity contribution < 1.29 is 9.18 Å². The number of ketones is 1. The first kappa shape index (κ1) is 18.3. The molecule has 1 aliphatic rings. The molecule has 3 aromatic rings. The minimum Gasteiger partial charge on any atom is -0.350 e. The largest absolute Gasteiger partial charge is 0.350 e. The van der Waals surface area contributed by atoms with E-state index in [1.165, 1.54) is 17.7 Å². The van der Waals surface area contributed by atoms with E-state index in [-0.39, 0.29) is 17.5 Å². The van der Waals surface area contributed by atoms with Crippen LogP contribution in [-0.4, -0.2) is 15.8 Å². The third-order valence-electron chi connectivity index (χ3n) is 5.22. The molecule has 0 radical (unpaired) electrons. The number of carbonyl (C=O) groups excluding carboxylic acids is 1. The molecule has 0 saturated carbocycles. The quantitative estimate of drug-likeness (QED) is 0.707. The van der Waals surface area contributed by atoms with E-state index in [0.29, 0.717) is 25.3 Å². The topological polar surface area (TPSA) is 54.9 Å². The van der Waals surface area contributed by atoms with Crippen molar-refractivity contribution in [3.05, 3.63) is 77.2 Å². The number of hydrogen-bond acceptors (Lipinski definition) is 4. The molecule has 2 aromatic carbocycles. The van der Waals surface area contributed by atoms with E-state index in [9.17, 15) is 9.18 Å². The molecule has 0 spiro atoms. The molecule has 1 aromatic heterocycles. The van der Waals surface area contributed by atoms with Crippen molar-refractivity contribution in [1.82, 2.24) is 9.97 Å². The molecular weight excluding hydrogens is 353 g/mol. The van der Waals surface area contributed by atoms with Crippen LogP contribution < -0.4 is 5.32 Å². The smallest absolute Gasteiger partial charge is 0.223 e. The van der Waals surface area contributed by atoms with Crippen LogP contribution in [0.3, 0.4) is 0 Å². The Balaban J connectivity index is 1.69. The normalized spacial score (nSPS) is 16.4. The van der Waals surface area contributed by atoms with Gasteiger partial charge in [0.2, 0.25) is 5.95 Å². The molecule has 0 fully saturated rings. The highest BCUT2D eigenvalue weighted by Gasteiger charge is 2.21. The Hall–Kier alpha value is -3.08. The van der Waals surface area contributed by atoms with Crippen molar-refractivity contribution in [3.8, 4) is 11.3 Å². The van der Waals surface area contributed by atoms with Crippen LogP contribution in [0, 0.1) is 5.82 Å². The second-order valence-corrected chi connectivity index (χ2v) is 7.29. The van der Waals surface area contributed by atoms with Crippen LogP contribution in [0.15, 0.2) is 54.7 Å². The highest BCUT2D eigenvalue weighted by molar-refractivity contribution is 5.84. The Morgan fingerprint density at radius 1 is 1.14 bits per heavy atom. The number of fused-ring (bicyclic) bond motifs is 3. The van der Waals surface area contributed by atoms with Gasteiger partial charge in [0.15, 0.2) is 0 Å². The highest BCUT2D eigenvalue weighted by atomic mass is 19.1. The van der Waals surface area contributed by atoms with E-state index in [1.807, 2.05) is 12.1 Å². The van der Waals surface area contributed by atoms with Gasteiger partial charge in [-0.05, 0) is 35.6 Å². The van der Waals surface area contributed by atoms with E-state index >= 15 is 0 Å². The Bertz CT molecular complexity index is 1000. The predicted molar refractivity (Wildman–Crippen MR) is 108 cm³/mol. The van der Waals surface area contributed by atoms with Crippen molar-refractivity contribution >= 4 is 11.7 Å². The van der Waals surface area contributed by atoms with E-state index in [1.54, 1.807) is 18.3 Å². The lowest BCUT2D eigenvalue weighted by molar-refractivity contribution is -0.118. The maximum atomic E-state index is 13.1. The van der Waals surface area contributed by atoms with Crippen LogP contribution in [0.4, 0.5) is 10.3 Å². The van der Waals surface area contributed by atoms with Crippen LogP contribution in [0.5, 0.6) is 0 Å². The molecule has 1 heterocycles. The molecule has 0 amide bonds. The maximum Gasteiger partial charge on any atom is 0.223 e. The fourth-order valence-corrected chi connectivity index (χ4v) is 3.61. The average Bonchev–Trinajstić information content (AvgIpc) is 2.76. The minimum absolute atomic E-state index is 0.219. The van der Waals surface area contributed by atoms with E-state index in [2.05, 4.69) is 29.4 Å². The van der Waals surface area contributed by atoms with Gasteiger partial charge in [-0.2, -0.15) is 0 Å². The zero-order valence-electron chi connectivity index (χ0n) is 15.8. The van der Waals surface area contributed by atoms with Gasteiger partial charge in [0.05, 0.1) is 5.69 Å². The molecule has 4 nitrogen and oxygen atoms in total. The number of hydrogen-bond donors (Lipinski definition) is 1. The van der Waals surface area contributed by atoms with Gasteiger partial charge in [0.1, 0.15) is 11.6 Å². The Morgan fingerprint density at radius 3 is 2.75 bits per heavy atom. The summed E-state index contributed by atoms with van der Waals surface area (Å²) in [5.74, 6) is 0.748. The van der Waals surface area contributed by atoms with Gasteiger partial charge in [0, 0.05) is 36.7 Å². The van der Waals surface area contributed by atoms with Crippen molar-refractivity contribution in [2.75, 3.05) is 5.32 Å². The lowest BCUT2D eigenvalue weighted by Crippen LogP contribution is -2.08. The van der Waals surface area contributed by atoms with Gasteiger partial charge < -0.3 is 5.32 Å². The molecular formula is C23H22FN3O. The number of carbonyl (C=O) groups is 1. The number of nitrogens with zero attached hydrogens (tertiary/aromatic N) is 2. The van der Waals surface area contributed by atoms with E-state index in [4.69, 9.17) is 4.98 Å². The third-order valence-corrected chi connectivity index (χ3v) is 5.22. The zero-order chi connectivity index (χ0) is 19.5. The molecule has 1 aliphatic carbocycles. The molecule has 0 bridgehead atoms. The second-order valence-electron chi connectivity index (χ2n) is 7.29. The maximum absolute atomic E-state index is 13.1. The average molecular weight is 375 g/mol. The number of benzene rings is 2. The molecule has 5 heteroatoms. The number of anilines is 1. The first-order chi connectivity index (χ1) is 13.6. The summed E-state index contributed by atoms with van der Waals surface area (Å²) < 4.78 is 13.1. The van der Waals surface area contributed by atoms with E-state index < -0.39 is 0 Å². The molecule has 0 saturated heterocycles. The van der Waals surface area contributed by atoms with Gasteiger partial charge >= 0.3 is 0 Å². The van der Waals surface area contributed by atoms with Gasteiger partial charge in [-0.25, -0.2) is 14.4 Å². The summed E-state index contributed by atoms with van der Waals surface area (Å²) in [5.41, 5.74) is 4.89.